The van der Waals surface area contributed by atoms with Gasteiger partial charge in [-0.25, -0.2) is 0 Å². The zero-order valence-corrected chi connectivity index (χ0v) is 43.8. The number of unbranched alkanes of at least 4 members (excludes halogenated alkanes) is 9. The molecule has 0 aromatic heterocycles. The molecular weight excluding hydrogens is 983 g/mol. The molecule has 3 aliphatic rings. The van der Waals surface area contributed by atoms with Crippen LogP contribution in [0.5, 0.6) is 0 Å². The highest BCUT2D eigenvalue weighted by Gasteiger charge is 2.45. The largest absolute Gasteiger partial charge is 0.481 e. The smallest absolute Gasteiger partial charge is 0.303 e. The van der Waals surface area contributed by atoms with Crippen molar-refractivity contribution in [2.24, 2.45) is 0 Å². The predicted octanol–water partition coefficient (Wildman–Crippen LogP) is 8.68. The number of benzene rings is 2. The van der Waals surface area contributed by atoms with E-state index < -0.39 is 68.8 Å². The quantitative estimate of drug-likeness (QED) is 0.0277. The van der Waals surface area contributed by atoms with E-state index in [9.17, 15) is 56.7 Å². The Labute approximate surface area is 414 Å². The first-order chi connectivity index (χ1) is 32.6. The molecule has 17 nitrogen and oxygen atoms in total. The number of anilines is 1. The Morgan fingerprint density at radius 2 is 1.24 bits per heavy atom. The second kappa shape index (κ2) is 23.6. The van der Waals surface area contributed by atoms with Gasteiger partial charge in [-0.3, -0.25) is 23.0 Å². The van der Waals surface area contributed by atoms with Gasteiger partial charge in [0.05, 0.1) is 26.7 Å². The van der Waals surface area contributed by atoms with Gasteiger partial charge in [0.25, 0.3) is 40.5 Å². The zero-order chi connectivity index (χ0) is 51.7. The molecule has 0 unspecified atom stereocenters. The number of rotatable bonds is 27. The first-order valence-corrected chi connectivity index (χ1v) is 30.1. The Kier molecular flexibility index (Phi) is 19.1. The summed E-state index contributed by atoms with van der Waals surface area (Å²) >= 11 is 0. The first-order valence-electron chi connectivity index (χ1n) is 24.0. The Bertz CT molecular complexity index is 2880. The van der Waals surface area contributed by atoms with Gasteiger partial charge >= 0.3 is 5.97 Å². The van der Waals surface area contributed by atoms with Gasteiger partial charge in [-0.2, -0.15) is 38.2 Å². The summed E-state index contributed by atoms with van der Waals surface area (Å²) in [5.74, 6) is -1.59. The average Bonchev–Trinajstić information content (AvgIpc) is 3.60. The van der Waals surface area contributed by atoms with Gasteiger partial charge < -0.3 is 15.3 Å². The van der Waals surface area contributed by atoms with Crippen LogP contribution in [0.3, 0.4) is 0 Å². The number of fused-ring (bicyclic) bond motifs is 2. The van der Waals surface area contributed by atoms with E-state index in [1.807, 2.05) is 49.3 Å². The lowest BCUT2D eigenvalue weighted by Gasteiger charge is -2.28. The summed E-state index contributed by atoms with van der Waals surface area (Å²) in [6, 6.07) is 8.85. The fraction of sp³-hybridized carbons (Fsp3) is 0.551. The van der Waals surface area contributed by atoms with Crippen LogP contribution >= 0.6 is 0 Å². The number of hydrogen-bond acceptors (Lipinski definition) is 11. The van der Waals surface area contributed by atoms with Crippen molar-refractivity contribution in [1.82, 2.24) is 5.32 Å². The maximum atomic E-state index is 12.3. The third-order valence-electron chi connectivity index (χ3n) is 13.4. The zero-order valence-electron chi connectivity index (χ0n) is 40.6. The lowest BCUT2D eigenvalue weighted by Crippen LogP contribution is -2.28. The maximum Gasteiger partial charge on any atom is 0.303 e. The van der Waals surface area contributed by atoms with Crippen molar-refractivity contribution in [3.8, 4) is 0 Å². The first kappa shape index (κ1) is 56.7. The normalized spacial score (nSPS) is 18.4. The molecule has 2 heterocycles. The lowest BCUT2D eigenvalue weighted by atomic mass is 9.81. The van der Waals surface area contributed by atoms with Crippen LogP contribution in [0.2, 0.25) is 0 Å². The van der Waals surface area contributed by atoms with Crippen molar-refractivity contribution in [2.45, 2.75) is 151 Å². The monoisotopic (exact) mass is 1050 g/mol. The van der Waals surface area contributed by atoms with Gasteiger partial charge in [0.15, 0.2) is 5.71 Å². The molecule has 5 rings (SSSR count). The molecule has 0 bridgehead atoms. The van der Waals surface area contributed by atoms with E-state index in [0.717, 1.165) is 79.6 Å². The molecule has 2 aromatic rings. The van der Waals surface area contributed by atoms with Gasteiger partial charge in [-0.15, -0.1) is 0 Å². The average molecular weight is 1050 g/mol. The molecule has 0 atom stereocenters. The van der Waals surface area contributed by atoms with Crippen LogP contribution in [0.4, 0.5) is 11.4 Å². The predicted molar refractivity (Wildman–Crippen MR) is 270 cm³/mol. The minimum absolute atomic E-state index is 0.187. The minimum atomic E-state index is -4.52. The highest BCUT2D eigenvalue weighted by Crippen LogP contribution is 2.49. The van der Waals surface area contributed by atoms with Crippen LogP contribution < -0.4 is 10.2 Å². The highest BCUT2D eigenvalue weighted by atomic mass is 32.2. The molecule has 0 saturated carbocycles. The maximum absolute atomic E-state index is 12.3. The Hall–Kier alpha value is -4.22. The standard InChI is InChI=1S/C49H69N3O14S4/c1-48(2)40-34-38(69(61,62)63)23-25-42(40)51(30-13-15-32-67(55,56)57)44(48)27-21-36-18-17-19-37(47(36)50-29-12-10-8-6-5-7-9-11-20-46(53)54)22-28-45-49(3,4)41-35-39(70(64,65)66)24-26-43(41)52(45)31-14-16-33-68(58,59)60/h21-28,34-35H,5-20,29-33H2,1-4H3,(H5,53,54,55,56,57,58,59,60,61,62,63,64,65,66)/p+1/b36-21-,44-27-. The van der Waals surface area contributed by atoms with Crippen molar-refractivity contribution in [3.05, 3.63) is 94.4 Å². The number of allylic oxidation sites excluding steroid dienone is 7. The number of carboxylic acid groups (broad SMARTS) is 1. The number of nitrogens with zero attached hydrogens (tertiary/aromatic N) is 2. The molecule has 6 N–H and O–H groups in total. The number of hydrogen-bond donors (Lipinski definition) is 6. The van der Waals surface area contributed by atoms with Gasteiger partial charge in [-0.05, 0) is 118 Å². The molecule has 0 radical (unpaired) electrons. The fourth-order valence-corrected chi connectivity index (χ4v) is 11.9. The summed E-state index contributed by atoms with van der Waals surface area (Å²) in [4.78, 5) is 12.4. The van der Waals surface area contributed by atoms with Gasteiger partial charge in [0.1, 0.15) is 6.54 Å². The van der Waals surface area contributed by atoms with E-state index >= 15 is 0 Å². The molecule has 2 aromatic carbocycles. The van der Waals surface area contributed by atoms with E-state index in [4.69, 9.17) is 5.11 Å². The van der Waals surface area contributed by atoms with Crippen molar-refractivity contribution in [2.75, 3.05) is 36.0 Å². The summed E-state index contributed by atoms with van der Waals surface area (Å²) in [5, 5.41) is 12.7. The van der Waals surface area contributed by atoms with E-state index in [1.165, 1.54) is 24.3 Å². The molecule has 0 spiro atoms. The topological polar surface area (TPSA) is 273 Å². The van der Waals surface area contributed by atoms with Crippen LogP contribution in [0.25, 0.3) is 0 Å². The molecular formula is C49H70N3O14S4+. The summed E-state index contributed by atoms with van der Waals surface area (Å²) in [6.45, 7) is 9.20. The molecule has 388 valence electrons. The second-order valence-corrected chi connectivity index (χ2v) is 25.4. The third kappa shape index (κ3) is 15.4. The molecule has 0 amide bonds. The highest BCUT2D eigenvalue weighted by molar-refractivity contribution is 7.86. The van der Waals surface area contributed by atoms with Crippen LogP contribution in [0.1, 0.15) is 142 Å². The summed E-state index contributed by atoms with van der Waals surface area (Å²) in [6.07, 6.45) is 19.2. The minimum Gasteiger partial charge on any atom is -0.481 e. The van der Waals surface area contributed by atoms with Gasteiger partial charge in [0, 0.05) is 66.1 Å². The van der Waals surface area contributed by atoms with Crippen LogP contribution in [0, 0.1) is 0 Å². The molecule has 70 heavy (non-hydrogen) atoms. The molecule has 21 heteroatoms. The van der Waals surface area contributed by atoms with E-state index in [1.54, 1.807) is 12.1 Å². The van der Waals surface area contributed by atoms with E-state index in [-0.39, 0.29) is 29.1 Å². The fourth-order valence-electron chi connectivity index (χ4n) is 9.74. The number of carboxylic acids is 1. The Morgan fingerprint density at radius 3 is 1.84 bits per heavy atom. The molecule has 1 aliphatic carbocycles. The molecule has 0 saturated heterocycles. The van der Waals surface area contributed by atoms with Crippen molar-refractivity contribution >= 4 is 63.5 Å². The van der Waals surface area contributed by atoms with E-state index in [2.05, 4.69) is 17.5 Å². The van der Waals surface area contributed by atoms with Crippen LogP contribution in [-0.2, 0) is 56.1 Å². The SMILES string of the molecule is CC1(C)C(/C=C/C2=C(NCCCCCCCCCCC(=O)O)C(=C\C=C3/N(CCCCS(=O)(=O)O)c4ccc(S(=O)(=O)O)cc4C3(C)C)/CCC2)=[N+](CCCCS(=O)(=O)O)c2ccc(S(=O)(=O)O)cc21. The van der Waals surface area contributed by atoms with Crippen LogP contribution in [0.15, 0.2) is 93.0 Å². The van der Waals surface area contributed by atoms with Crippen molar-refractivity contribution in [3.63, 3.8) is 0 Å². The Morgan fingerprint density at radius 1 is 0.671 bits per heavy atom. The van der Waals surface area contributed by atoms with Crippen molar-refractivity contribution in [1.29, 1.82) is 0 Å². The van der Waals surface area contributed by atoms with Gasteiger partial charge in [-0.1, -0.05) is 64.5 Å². The number of nitrogens with one attached hydrogen (secondary N) is 1. The summed E-state index contributed by atoms with van der Waals surface area (Å²) in [7, 11) is -17.4. The lowest BCUT2D eigenvalue weighted by molar-refractivity contribution is -0.438. The molecule has 0 fully saturated rings. The summed E-state index contributed by atoms with van der Waals surface area (Å²) in [5.41, 5.74) is 5.79. The molecule has 2 aliphatic heterocycles. The summed E-state index contributed by atoms with van der Waals surface area (Å²) < 4.78 is 136. The second-order valence-electron chi connectivity index (χ2n) is 19.5. The van der Waals surface area contributed by atoms with Crippen LogP contribution in [-0.4, -0.2) is 104 Å². The number of aliphatic carboxylic acids is 1. The number of carbonyl (C=O) groups is 1. The third-order valence-corrected chi connectivity index (χ3v) is 16.7. The Balaban J connectivity index is 1.54. The van der Waals surface area contributed by atoms with E-state index in [0.29, 0.717) is 74.2 Å². The van der Waals surface area contributed by atoms with Gasteiger partial charge in [0.2, 0.25) is 5.69 Å². The van der Waals surface area contributed by atoms with Crippen molar-refractivity contribution < 1.29 is 66.4 Å².